The van der Waals surface area contributed by atoms with Crippen LogP contribution >= 0.6 is 0 Å². The maximum Gasteiger partial charge on any atom is 0.150 e. The van der Waals surface area contributed by atoms with Gasteiger partial charge in [-0.15, -0.1) is 6.58 Å². The lowest BCUT2D eigenvalue weighted by atomic mass is 9.75. The molecule has 2 nitrogen and oxygen atoms in total. The van der Waals surface area contributed by atoms with Crippen molar-refractivity contribution < 1.29 is 4.79 Å². The molecule has 3 rings (SSSR count). The second-order valence-corrected chi connectivity index (χ2v) is 9.53. The Hall–Kier alpha value is -2.97. The molecule has 1 N–H and O–H groups in total. The van der Waals surface area contributed by atoms with Gasteiger partial charge in [-0.3, -0.25) is 10.1 Å². The highest BCUT2D eigenvalue weighted by Crippen LogP contribution is 2.38. The van der Waals surface area contributed by atoms with E-state index in [0.29, 0.717) is 12.3 Å². The van der Waals surface area contributed by atoms with Gasteiger partial charge in [0.2, 0.25) is 0 Å². The topological polar surface area (TPSA) is 29.1 Å². The molecule has 0 heterocycles. The molecule has 33 heavy (non-hydrogen) atoms. The second kappa shape index (κ2) is 11.2. The predicted molar refractivity (Wildman–Crippen MR) is 139 cm³/mol. The van der Waals surface area contributed by atoms with Gasteiger partial charge in [-0.05, 0) is 34.4 Å². The van der Waals surface area contributed by atoms with E-state index in [1.807, 2.05) is 24.3 Å². The van der Waals surface area contributed by atoms with Gasteiger partial charge in [0.15, 0.2) is 5.78 Å². The van der Waals surface area contributed by atoms with Crippen LogP contribution in [-0.2, 0) is 10.3 Å². The van der Waals surface area contributed by atoms with Gasteiger partial charge in [-0.2, -0.15) is 0 Å². The zero-order valence-electron chi connectivity index (χ0n) is 20.4. The third-order valence-corrected chi connectivity index (χ3v) is 6.60. The minimum Gasteiger partial charge on any atom is -0.298 e. The molecule has 0 aliphatic heterocycles. The Bertz CT molecular complexity index is 912. The molecule has 0 radical (unpaired) electrons. The van der Waals surface area contributed by atoms with Crippen molar-refractivity contribution >= 4 is 5.78 Å². The van der Waals surface area contributed by atoms with E-state index >= 15 is 0 Å². The summed E-state index contributed by atoms with van der Waals surface area (Å²) in [6, 6.07) is 31.1. The zero-order valence-corrected chi connectivity index (χ0v) is 20.4. The van der Waals surface area contributed by atoms with Crippen LogP contribution in [0.5, 0.6) is 0 Å². The molecule has 3 aromatic rings. The van der Waals surface area contributed by atoms with E-state index in [4.69, 9.17) is 0 Å². The fraction of sp³-hybridized carbons (Fsp3) is 0.323. The number of Topliss-reactive ketones (excluding diaryl/α,β-unsaturated/α-hetero) is 1. The predicted octanol–water partition coefficient (Wildman–Crippen LogP) is 7.01. The summed E-state index contributed by atoms with van der Waals surface area (Å²) in [5, 5.41) is 3.90. The number of rotatable bonds is 11. The highest BCUT2D eigenvalue weighted by molar-refractivity contribution is 5.85. The molecule has 0 saturated heterocycles. The third-order valence-electron chi connectivity index (χ3n) is 6.60. The highest BCUT2D eigenvalue weighted by atomic mass is 16.1. The lowest BCUT2D eigenvalue weighted by Gasteiger charge is -2.41. The van der Waals surface area contributed by atoms with Crippen molar-refractivity contribution in [3.05, 3.63) is 120 Å². The van der Waals surface area contributed by atoms with Crippen LogP contribution in [0.3, 0.4) is 0 Å². The SMILES string of the molecule is C=CC(CC(=O)[C@H](NC(c1ccccc1)(c1ccccc1)c1ccccc1)C(C)C)C(C)C. The van der Waals surface area contributed by atoms with E-state index in [-0.39, 0.29) is 23.7 Å². The molecule has 0 fully saturated rings. The first-order chi connectivity index (χ1) is 15.9. The molecule has 0 amide bonds. The van der Waals surface area contributed by atoms with E-state index < -0.39 is 5.54 Å². The Morgan fingerprint density at radius 1 is 0.758 bits per heavy atom. The fourth-order valence-corrected chi connectivity index (χ4v) is 4.62. The summed E-state index contributed by atoms with van der Waals surface area (Å²) in [6.07, 6.45) is 2.42. The fourth-order valence-electron chi connectivity index (χ4n) is 4.62. The quantitative estimate of drug-likeness (QED) is 0.257. The van der Waals surface area contributed by atoms with Gasteiger partial charge in [0.25, 0.3) is 0 Å². The Morgan fingerprint density at radius 2 is 1.15 bits per heavy atom. The number of carbonyl (C=O) groups excluding carboxylic acids is 1. The third kappa shape index (κ3) is 5.51. The molecule has 0 bridgehead atoms. The summed E-state index contributed by atoms with van der Waals surface area (Å²) < 4.78 is 0. The van der Waals surface area contributed by atoms with Gasteiger partial charge in [0.1, 0.15) is 0 Å². The maximum absolute atomic E-state index is 13.7. The second-order valence-electron chi connectivity index (χ2n) is 9.53. The molecular formula is C31H37NO. The molecule has 0 aromatic heterocycles. The van der Waals surface area contributed by atoms with Crippen molar-refractivity contribution in [3.8, 4) is 0 Å². The average Bonchev–Trinajstić information content (AvgIpc) is 2.84. The largest absolute Gasteiger partial charge is 0.298 e. The standard InChI is InChI=1S/C31H37NO/c1-6-25(23(2)3)22-29(33)30(24(4)5)32-31(26-16-10-7-11-17-26,27-18-12-8-13-19-27)28-20-14-9-15-21-28/h6-21,23-25,30,32H,1,22H2,2-5H3/t25?,30-/m1/s1. The number of nitrogens with one attached hydrogen (secondary N) is 1. The number of carbonyl (C=O) groups is 1. The van der Waals surface area contributed by atoms with E-state index in [2.05, 4.69) is 112 Å². The first kappa shape index (κ1) is 24.7. The van der Waals surface area contributed by atoms with E-state index in [1.165, 1.54) is 0 Å². The van der Waals surface area contributed by atoms with Crippen LogP contribution in [-0.4, -0.2) is 11.8 Å². The van der Waals surface area contributed by atoms with E-state index in [0.717, 1.165) is 16.7 Å². The van der Waals surface area contributed by atoms with Crippen molar-refractivity contribution in [2.24, 2.45) is 17.8 Å². The Morgan fingerprint density at radius 3 is 1.45 bits per heavy atom. The van der Waals surface area contributed by atoms with Crippen LogP contribution < -0.4 is 5.32 Å². The van der Waals surface area contributed by atoms with Crippen LogP contribution in [0.4, 0.5) is 0 Å². The van der Waals surface area contributed by atoms with Gasteiger partial charge < -0.3 is 0 Å². The summed E-state index contributed by atoms with van der Waals surface area (Å²) in [6.45, 7) is 12.5. The van der Waals surface area contributed by atoms with Crippen LogP contribution in [0.1, 0.15) is 50.8 Å². The number of hydrogen-bond acceptors (Lipinski definition) is 2. The summed E-state index contributed by atoms with van der Waals surface area (Å²) >= 11 is 0. The summed E-state index contributed by atoms with van der Waals surface area (Å²) in [5.41, 5.74) is 2.69. The van der Waals surface area contributed by atoms with E-state index in [1.54, 1.807) is 0 Å². The Labute approximate surface area is 199 Å². The first-order valence-electron chi connectivity index (χ1n) is 12.0. The molecule has 2 atom stereocenters. The van der Waals surface area contributed by atoms with Crippen LogP contribution in [0.25, 0.3) is 0 Å². The van der Waals surface area contributed by atoms with Crippen molar-refractivity contribution in [2.45, 2.75) is 45.7 Å². The molecule has 0 saturated carbocycles. The Balaban J connectivity index is 2.18. The minimum atomic E-state index is -0.657. The maximum atomic E-state index is 13.7. The van der Waals surface area contributed by atoms with Crippen molar-refractivity contribution in [1.29, 1.82) is 0 Å². The molecule has 0 aliphatic rings. The van der Waals surface area contributed by atoms with E-state index in [9.17, 15) is 4.79 Å². The van der Waals surface area contributed by atoms with Gasteiger partial charge in [-0.1, -0.05) is 125 Å². The molecule has 0 spiro atoms. The number of ketones is 1. The molecule has 1 unspecified atom stereocenters. The number of benzene rings is 3. The van der Waals surface area contributed by atoms with Gasteiger partial charge in [-0.25, -0.2) is 0 Å². The molecule has 3 aromatic carbocycles. The van der Waals surface area contributed by atoms with Crippen molar-refractivity contribution in [3.63, 3.8) is 0 Å². The lowest BCUT2D eigenvalue weighted by Crippen LogP contribution is -2.54. The van der Waals surface area contributed by atoms with Crippen LogP contribution in [0, 0.1) is 17.8 Å². The highest BCUT2D eigenvalue weighted by Gasteiger charge is 2.40. The van der Waals surface area contributed by atoms with Gasteiger partial charge >= 0.3 is 0 Å². The van der Waals surface area contributed by atoms with Crippen LogP contribution in [0.2, 0.25) is 0 Å². The van der Waals surface area contributed by atoms with Gasteiger partial charge in [0, 0.05) is 6.42 Å². The first-order valence-corrected chi connectivity index (χ1v) is 12.0. The summed E-state index contributed by atoms with van der Waals surface area (Å²) in [4.78, 5) is 13.7. The summed E-state index contributed by atoms with van der Waals surface area (Å²) in [5.74, 6) is 0.905. The normalized spacial score (nSPS) is 13.6. The van der Waals surface area contributed by atoms with Crippen molar-refractivity contribution in [2.75, 3.05) is 0 Å². The smallest absolute Gasteiger partial charge is 0.150 e. The average molecular weight is 440 g/mol. The number of allylic oxidation sites excluding steroid dienone is 1. The zero-order chi connectivity index (χ0) is 23.8. The molecular weight excluding hydrogens is 402 g/mol. The lowest BCUT2D eigenvalue weighted by molar-refractivity contribution is -0.123. The Kier molecular flexibility index (Phi) is 8.41. The molecule has 2 heteroatoms. The number of hydrogen-bond donors (Lipinski definition) is 1. The molecule has 0 aliphatic carbocycles. The summed E-state index contributed by atoms with van der Waals surface area (Å²) in [7, 11) is 0. The molecule has 172 valence electrons. The van der Waals surface area contributed by atoms with Gasteiger partial charge in [0.05, 0.1) is 11.6 Å². The van der Waals surface area contributed by atoms with Crippen LogP contribution in [0.15, 0.2) is 104 Å². The minimum absolute atomic E-state index is 0.130. The monoisotopic (exact) mass is 439 g/mol. The van der Waals surface area contributed by atoms with Crippen molar-refractivity contribution in [1.82, 2.24) is 5.32 Å².